The zero-order chi connectivity index (χ0) is 17.5. The van der Waals surface area contributed by atoms with Gasteiger partial charge in [0.15, 0.2) is 15.5 Å². The third kappa shape index (κ3) is 2.84. The number of rotatable bonds is 4. The van der Waals surface area contributed by atoms with Gasteiger partial charge in [-0.05, 0) is 24.6 Å². The lowest BCUT2D eigenvalue weighted by Crippen LogP contribution is -2.23. The van der Waals surface area contributed by atoms with Crippen LogP contribution in [0.15, 0.2) is 41.7 Å². The minimum Gasteiger partial charge on any atom is -0.352 e. The molecule has 0 spiro atoms. The van der Waals surface area contributed by atoms with Crippen LogP contribution in [0, 0.1) is 0 Å². The Labute approximate surface area is 140 Å². The summed E-state index contributed by atoms with van der Waals surface area (Å²) in [6, 6.07) is 6.94. The van der Waals surface area contributed by atoms with Crippen molar-refractivity contribution in [3.8, 4) is 0 Å². The predicted octanol–water partition coefficient (Wildman–Crippen LogP) is 1.96. The zero-order valence-electron chi connectivity index (χ0n) is 14.0. The van der Waals surface area contributed by atoms with Gasteiger partial charge < -0.3 is 4.90 Å². The highest BCUT2D eigenvalue weighted by Gasteiger charge is 2.18. The van der Waals surface area contributed by atoms with Gasteiger partial charge in [-0.2, -0.15) is 5.10 Å². The molecule has 24 heavy (non-hydrogen) atoms. The van der Waals surface area contributed by atoms with Crippen LogP contribution in [0.25, 0.3) is 11.0 Å². The molecule has 7 nitrogen and oxygen atoms in total. The van der Waals surface area contributed by atoms with Crippen molar-refractivity contribution in [3.05, 3.63) is 42.4 Å². The molecule has 0 unspecified atom stereocenters. The molecule has 3 rings (SSSR count). The smallest absolute Gasteiger partial charge is 0.175 e. The number of fused-ring (bicyclic) bond motifs is 1. The molecule has 0 bridgehead atoms. The summed E-state index contributed by atoms with van der Waals surface area (Å²) in [7, 11) is 0.599. The fraction of sp³-hybridized carbons (Fsp3) is 0.312. The van der Waals surface area contributed by atoms with Gasteiger partial charge >= 0.3 is 0 Å². The van der Waals surface area contributed by atoms with Crippen molar-refractivity contribution in [1.29, 1.82) is 0 Å². The summed E-state index contributed by atoms with van der Waals surface area (Å²) in [4.78, 5) is 11.0. The third-order valence-corrected chi connectivity index (χ3v) is 5.34. The molecular formula is C16H19N5O2S. The van der Waals surface area contributed by atoms with Crippen molar-refractivity contribution < 1.29 is 8.42 Å². The highest BCUT2D eigenvalue weighted by Crippen LogP contribution is 2.29. The summed E-state index contributed by atoms with van der Waals surface area (Å²) in [6.45, 7) is 2.04. The normalized spacial score (nSPS) is 13.2. The highest BCUT2D eigenvalue weighted by molar-refractivity contribution is 7.90. The largest absolute Gasteiger partial charge is 0.352 e. The molecule has 0 saturated heterocycles. The van der Waals surface area contributed by atoms with Crippen molar-refractivity contribution in [2.75, 3.05) is 18.2 Å². The maximum absolute atomic E-state index is 11.6. The lowest BCUT2D eigenvalue weighted by molar-refractivity contribution is 0.601. The zero-order valence-corrected chi connectivity index (χ0v) is 14.8. The van der Waals surface area contributed by atoms with E-state index in [1.807, 2.05) is 38.1 Å². The minimum absolute atomic E-state index is 0.0110. The molecule has 0 amide bonds. The van der Waals surface area contributed by atoms with Gasteiger partial charge in [0, 0.05) is 20.4 Å². The van der Waals surface area contributed by atoms with Crippen molar-refractivity contribution in [3.63, 3.8) is 0 Å². The van der Waals surface area contributed by atoms with E-state index >= 15 is 0 Å². The highest BCUT2D eigenvalue weighted by atomic mass is 32.2. The predicted molar refractivity (Wildman–Crippen MR) is 92.7 cm³/mol. The van der Waals surface area contributed by atoms with Crippen LogP contribution in [0.2, 0.25) is 0 Å². The van der Waals surface area contributed by atoms with Crippen LogP contribution in [-0.4, -0.2) is 41.5 Å². The number of hydrogen-bond donors (Lipinski definition) is 0. The van der Waals surface area contributed by atoms with E-state index in [1.165, 1.54) is 12.6 Å². The molecule has 2 aromatic heterocycles. The van der Waals surface area contributed by atoms with Gasteiger partial charge in [0.2, 0.25) is 0 Å². The van der Waals surface area contributed by atoms with Crippen LogP contribution in [-0.2, 0) is 16.9 Å². The van der Waals surface area contributed by atoms with E-state index < -0.39 is 9.84 Å². The van der Waals surface area contributed by atoms with Crippen molar-refractivity contribution in [1.82, 2.24) is 19.7 Å². The van der Waals surface area contributed by atoms with Gasteiger partial charge in [-0.15, -0.1) is 0 Å². The average Bonchev–Trinajstić information content (AvgIpc) is 2.94. The first-order valence-corrected chi connectivity index (χ1v) is 9.33. The Balaban J connectivity index is 1.95. The van der Waals surface area contributed by atoms with Crippen LogP contribution in [0.3, 0.4) is 0 Å². The van der Waals surface area contributed by atoms with E-state index in [4.69, 9.17) is 0 Å². The third-order valence-electron chi connectivity index (χ3n) is 4.21. The van der Waals surface area contributed by atoms with Crippen LogP contribution in [0.4, 0.5) is 5.82 Å². The van der Waals surface area contributed by atoms with Crippen LogP contribution < -0.4 is 4.90 Å². The van der Waals surface area contributed by atoms with Crippen LogP contribution in [0.5, 0.6) is 0 Å². The van der Waals surface area contributed by atoms with E-state index in [-0.39, 0.29) is 6.04 Å². The molecule has 0 fully saturated rings. The topological polar surface area (TPSA) is 81.0 Å². The molecule has 2 heterocycles. The molecule has 0 radical (unpaired) electrons. The van der Waals surface area contributed by atoms with Gasteiger partial charge in [0.05, 0.1) is 22.5 Å². The summed E-state index contributed by atoms with van der Waals surface area (Å²) >= 11 is 0. The average molecular weight is 345 g/mol. The Morgan fingerprint density at radius 3 is 2.46 bits per heavy atom. The molecule has 0 aliphatic heterocycles. The quantitative estimate of drug-likeness (QED) is 0.719. The second-order valence-corrected chi connectivity index (χ2v) is 7.85. The van der Waals surface area contributed by atoms with Crippen molar-refractivity contribution in [2.24, 2.45) is 7.05 Å². The van der Waals surface area contributed by atoms with E-state index in [0.29, 0.717) is 4.90 Å². The lowest BCUT2D eigenvalue weighted by Gasteiger charge is -2.26. The number of anilines is 1. The van der Waals surface area contributed by atoms with E-state index in [2.05, 4.69) is 15.1 Å². The summed E-state index contributed by atoms with van der Waals surface area (Å²) in [6.07, 6.45) is 4.48. The molecule has 0 aliphatic carbocycles. The first-order chi connectivity index (χ1) is 11.3. The van der Waals surface area contributed by atoms with Crippen LogP contribution in [0.1, 0.15) is 18.5 Å². The van der Waals surface area contributed by atoms with E-state index in [9.17, 15) is 8.42 Å². The van der Waals surface area contributed by atoms with Gasteiger partial charge in [-0.3, -0.25) is 4.68 Å². The second kappa shape index (κ2) is 5.86. The Morgan fingerprint density at radius 2 is 1.83 bits per heavy atom. The molecule has 0 saturated carbocycles. The first-order valence-electron chi connectivity index (χ1n) is 7.44. The fourth-order valence-electron chi connectivity index (χ4n) is 2.63. The maximum Gasteiger partial charge on any atom is 0.175 e. The number of nitrogens with zero attached hydrogens (tertiary/aromatic N) is 5. The Morgan fingerprint density at radius 1 is 1.17 bits per heavy atom. The lowest BCUT2D eigenvalue weighted by atomic mass is 10.1. The summed E-state index contributed by atoms with van der Waals surface area (Å²) < 4.78 is 24.9. The Bertz CT molecular complexity index is 979. The van der Waals surface area contributed by atoms with E-state index in [0.717, 1.165) is 22.4 Å². The maximum atomic E-state index is 11.6. The first kappa shape index (κ1) is 16.4. The summed E-state index contributed by atoms with van der Waals surface area (Å²) in [5.74, 6) is 0.785. The fourth-order valence-corrected chi connectivity index (χ4v) is 3.26. The number of aromatic nitrogens is 4. The van der Waals surface area contributed by atoms with Crippen LogP contribution >= 0.6 is 0 Å². The molecule has 0 N–H and O–H groups in total. The Kier molecular flexibility index (Phi) is 4.00. The SMILES string of the molecule is C[C@@H](c1ccc(S(C)(=O)=O)cc1)N(C)c1ncnc2c1cnn2C. The number of aryl methyl sites for hydroxylation is 1. The van der Waals surface area contributed by atoms with Gasteiger partial charge in [0.1, 0.15) is 12.1 Å². The van der Waals surface area contributed by atoms with E-state index in [1.54, 1.807) is 23.0 Å². The molecule has 3 aromatic rings. The summed E-state index contributed by atoms with van der Waals surface area (Å²) in [5.41, 5.74) is 1.77. The van der Waals surface area contributed by atoms with Crippen molar-refractivity contribution in [2.45, 2.75) is 17.9 Å². The molecule has 1 atom stereocenters. The van der Waals surface area contributed by atoms with Crippen molar-refractivity contribution >= 4 is 26.7 Å². The number of benzene rings is 1. The summed E-state index contributed by atoms with van der Waals surface area (Å²) in [5, 5.41) is 5.11. The monoisotopic (exact) mass is 345 g/mol. The standard InChI is InChI=1S/C16H19N5O2S/c1-11(12-5-7-13(8-6-12)24(4,22)23)20(2)15-14-9-19-21(3)16(14)18-10-17-15/h5-11H,1-4H3/t11-/m0/s1. The number of sulfone groups is 1. The molecule has 8 heteroatoms. The molecule has 0 aliphatic rings. The minimum atomic E-state index is -3.19. The molecule has 126 valence electrons. The second-order valence-electron chi connectivity index (χ2n) is 5.83. The Hall–Kier alpha value is -2.48. The van der Waals surface area contributed by atoms with Gasteiger partial charge in [-0.1, -0.05) is 12.1 Å². The molecular weight excluding hydrogens is 326 g/mol. The number of hydrogen-bond acceptors (Lipinski definition) is 6. The molecule has 1 aromatic carbocycles. The van der Waals surface area contributed by atoms with Gasteiger partial charge in [0.25, 0.3) is 0 Å². The van der Waals surface area contributed by atoms with Gasteiger partial charge in [-0.25, -0.2) is 18.4 Å².